The number of amides is 1. The fraction of sp³-hybridized carbons (Fsp3) is 0.900. The number of carbonyl (C=O) groups excluding carboxylic acids is 1. The van der Waals surface area contributed by atoms with E-state index in [1.165, 1.54) is 0 Å². The Morgan fingerprint density at radius 3 is 2.20 bits per heavy atom. The van der Waals surface area contributed by atoms with E-state index >= 15 is 0 Å². The Morgan fingerprint density at radius 2 is 1.75 bits per heavy atom. The van der Waals surface area contributed by atoms with Crippen molar-refractivity contribution in [2.75, 3.05) is 7.11 Å². The predicted octanol–water partition coefficient (Wildman–Crippen LogP) is 2.36. The van der Waals surface area contributed by atoms with Gasteiger partial charge in [0.05, 0.1) is 0 Å². The summed E-state index contributed by atoms with van der Waals surface area (Å²) in [5.41, 5.74) is -5.46. The second kappa shape index (κ2) is 7.41. The van der Waals surface area contributed by atoms with Crippen LogP contribution in [0.4, 0.5) is 13.2 Å². The van der Waals surface area contributed by atoms with Crippen LogP contribution in [0.2, 0.25) is 19.1 Å². The molecule has 1 amide bonds. The van der Waals surface area contributed by atoms with Crippen molar-refractivity contribution in [2.45, 2.75) is 50.3 Å². The summed E-state index contributed by atoms with van der Waals surface area (Å²) in [5.74, 6) is -1.13. The van der Waals surface area contributed by atoms with Crippen LogP contribution in [0.3, 0.4) is 0 Å². The molecule has 120 valence electrons. The molecule has 20 heavy (non-hydrogen) atoms. The van der Waals surface area contributed by atoms with Gasteiger partial charge >= 0.3 is 15.5 Å². The lowest BCUT2D eigenvalue weighted by Crippen LogP contribution is -2.40. The van der Waals surface area contributed by atoms with Gasteiger partial charge in [-0.25, -0.2) is 4.72 Å². The van der Waals surface area contributed by atoms with Gasteiger partial charge in [0.1, 0.15) is 0 Å². The molecule has 10 heteroatoms. The van der Waals surface area contributed by atoms with Crippen LogP contribution in [-0.2, 0) is 19.2 Å². The summed E-state index contributed by atoms with van der Waals surface area (Å²) >= 11 is 0. The summed E-state index contributed by atoms with van der Waals surface area (Å²) in [6.45, 7) is 4.07. The molecule has 0 aliphatic carbocycles. The molecule has 0 aromatic rings. The van der Waals surface area contributed by atoms with Crippen LogP contribution in [0.5, 0.6) is 0 Å². The van der Waals surface area contributed by atoms with Gasteiger partial charge in [-0.15, -0.1) is 0 Å². The molecule has 0 spiro atoms. The van der Waals surface area contributed by atoms with Gasteiger partial charge in [-0.1, -0.05) is 12.8 Å². The van der Waals surface area contributed by atoms with Gasteiger partial charge in [-0.3, -0.25) is 4.79 Å². The summed E-state index contributed by atoms with van der Waals surface area (Å²) in [5, 5.41) is 0. The van der Waals surface area contributed by atoms with Crippen LogP contribution in [-0.4, -0.2) is 35.3 Å². The SMILES string of the molecule is CO[Si](C)(C)CCCCCC(=O)NS(=O)(=O)C(F)(F)F. The predicted molar refractivity (Wildman–Crippen MR) is 70.9 cm³/mol. The van der Waals surface area contributed by atoms with Gasteiger partial charge in [0.25, 0.3) is 0 Å². The lowest BCUT2D eigenvalue weighted by atomic mass is 10.2. The zero-order valence-electron chi connectivity index (χ0n) is 11.7. The van der Waals surface area contributed by atoms with Crippen molar-refractivity contribution in [1.29, 1.82) is 0 Å². The molecule has 0 bridgehead atoms. The number of hydrogen-bond donors (Lipinski definition) is 1. The third-order valence-corrected chi connectivity index (χ3v) is 6.56. The summed E-state index contributed by atoms with van der Waals surface area (Å²) in [6, 6.07) is 0.881. The minimum atomic E-state index is -5.58. The van der Waals surface area contributed by atoms with Crippen LogP contribution in [0.25, 0.3) is 0 Å². The van der Waals surface area contributed by atoms with Crippen LogP contribution in [0.1, 0.15) is 25.7 Å². The molecule has 0 rings (SSSR count). The first-order valence-electron chi connectivity index (χ1n) is 6.08. The fourth-order valence-electron chi connectivity index (χ4n) is 1.37. The van der Waals surface area contributed by atoms with E-state index < -0.39 is 29.8 Å². The molecule has 0 aliphatic rings. The molecule has 1 N–H and O–H groups in total. The van der Waals surface area contributed by atoms with Gasteiger partial charge in [0.15, 0.2) is 8.32 Å². The highest BCUT2D eigenvalue weighted by molar-refractivity contribution is 7.90. The Morgan fingerprint density at radius 1 is 1.20 bits per heavy atom. The topological polar surface area (TPSA) is 72.5 Å². The molecular formula is C10H20F3NO4SSi. The Balaban J connectivity index is 3.98. The summed E-state index contributed by atoms with van der Waals surface area (Å²) in [6.07, 6.45) is 1.53. The Kier molecular flexibility index (Phi) is 7.18. The van der Waals surface area contributed by atoms with E-state index in [2.05, 4.69) is 0 Å². The molecule has 0 saturated carbocycles. The van der Waals surface area contributed by atoms with Crippen molar-refractivity contribution in [3.63, 3.8) is 0 Å². The van der Waals surface area contributed by atoms with Crippen LogP contribution >= 0.6 is 0 Å². The highest BCUT2D eigenvalue weighted by Crippen LogP contribution is 2.21. The fourth-order valence-corrected chi connectivity index (χ4v) is 3.20. The number of halogens is 3. The first-order chi connectivity index (χ1) is 8.91. The van der Waals surface area contributed by atoms with Gasteiger partial charge in [0, 0.05) is 13.5 Å². The average molecular weight is 335 g/mol. The molecular weight excluding hydrogens is 315 g/mol. The second-order valence-corrected chi connectivity index (χ2v) is 11.1. The number of rotatable bonds is 8. The Hall–Kier alpha value is -0.613. The molecule has 0 atom stereocenters. The first-order valence-corrected chi connectivity index (χ1v) is 10.7. The maximum atomic E-state index is 12.0. The third kappa shape index (κ3) is 7.24. The number of carbonyl (C=O) groups is 1. The zero-order chi connectivity index (χ0) is 16.0. The highest BCUT2D eigenvalue weighted by Gasteiger charge is 2.46. The number of alkyl halides is 3. The van der Waals surface area contributed by atoms with E-state index in [0.29, 0.717) is 12.8 Å². The van der Waals surface area contributed by atoms with Gasteiger partial charge in [-0.05, 0) is 25.6 Å². The third-order valence-electron chi connectivity index (χ3n) is 2.79. The maximum absolute atomic E-state index is 12.0. The molecule has 0 fully saturated rings. The lowest BCUT2D eigenvalue weighted by Gasteiger charge is -2.19. The van der Waals surface area contributed by atoms with Crippen molar-refractivity contribution >= 4 is 24.2 Å². The zero-order valence-corrected chi connectivity index (χ0v) is 13.5. The number of unbranched alkanes of at least 4 members (excludes halogenated alkanes) is 2. The van der Waals surface area contributed by atoms with E-state index in [0.717, 1.165) is 17.2 Å². The van der Waals surface area contributed by atoms with Crippen LogP contribution < -0.4 is 4.72 Å². The van der Waals surface area contributed by atoms with Crippen molar-refractivity contribution in [1.82, 2.24) is 4.72 Å². The minimum Gasteiger partial charge on any atom is -0.420 e. The number of nitrogens with one attached hydrogen (secondary N) is 1. The number of sulfonamides is 1. The molecule has 0 heterocycles. The molecule has 0 aliphatic heterocycles. The average Bonchev–Trinajstić information content (AvgIpc) is 2.26. The van der Waals surface area contributed by atoms with Gasteiger partial charge in [-0.2, -0.15) is 21.6 Å². The minimum absolute atomic E-state index is 0.246. The second-order valence-electron chi connectivity index (χ2n) is 5.00. The van der Waals surface area contributed by atoms with Gasteiger partial charge in [0.2, 0.25) is 5.91 Å². The van der Waals surface area contributed by atoms with Crippen LogP contribution in [0.15, 0.2) is 0 Å². The summed E-state index contributed by atoms with van der Waals surface area (Å²) in [4.78, 5) is 11.1. The van der Waals surface area contributed by atoms with E-state index in [9.17, 15) is 26.4 Å². The van der Waals surface area contributed by atoms with Crippen molar-refractivity contribution < 1.29 is 30.8 Å². The smallest absolute Gasteiger partial charge is 0.420 e. The molecule has 0 aromatic carbocycles. The molecule has 0 saturated heterocycles. The summed E-state index contributed by atoms with van der Waals surface area (Å²) < 4.78 is 63.6. The van der Waals surface area contributed by atoms with E-state index in [-0.39, 0.29) is 6.42 Å². The largest absolute Gasteiger partial charge is 0.516 e. The van der Waals surface area contributed by atoms with Gasteiger partial charge < -0.3 is 4.43 Å². The molecule has 0 aromatic heterocycles. The number of hydrogen-bond acceptors (Lipinski definition) is 4. The van der Waals surface area contributed by atoms with E-state index in [1.807, 2.05) is 13.1 Å². The maximum Gasteiger partial charge on any atom is 0.516 e. The first kappa shape index (κ1) is 19.4. The lowest BCUT2D eigenvalue weighted by molar-refractivity contribution is -0.120. The van der Waals surface area contributed by atoms with E-state index in [1.54, 1.807) is 7.11 Å². The molecule has 0 unspecified atom stereocenters. The Bertz CT molecular complexity index is 423. The van der Waals surface area contributed by atoms with Crippen molar-refractivity contribution in [3.8, 4) is 0 Å². The monoisotopic (exact) mass is 335 g/mol. The van der Waals surface area contributed by atoms with E-state index in [4.69, 9.17) is 4.43 Å². The summed E-state index contributed by atoms with van der Waals surface area (Å²) in [7, 11) is -5.60. The van der Waals surface area contributed by atoms with Crippen molar-refractivity contribution in [3.05, 3.63) is 0 Å². The molecule has 0 radical (unpaired) electrons. The highest BCUT2D eigenvalue weighted by atomic mass is 32.2. The standard InChI is InChI=1S/C10H20F3NO4SSi/c1-18-20(2,3)8-6-4-5-7-9(15)14-19(16,17)10(11,12)13/h4-8H2,1-3H3,(H,14,15). The normalized spacial score (nSPS) is 13.3. The Labute approximate surface area is 118 Å². The van der Waals surface area contributed by atoms with Crippen LogP contribution in [0, 0.1) is 0 Å². The quantitative estimate of drug-likeness (QED) is 0.546. The molecule has 5 nitrogen and oxygen atoms in total. The van der Waals surface area contributed by atoms with Crippen molar-refractivity contribution in [2.24, 2.45) is 0 Å².